The lowest BCUT2D eigenvalue weighted by Crippen LogP contribution is -2.35. The average Bonchev–Trinajstić information content (AvgIpc) is 3.15. The normalized spacial score (nSPS) is 18.5. The van der Waals surface area contributed by atoms with Gasteiger partial charge in [-0.1, -0.05) is 23.2 Å². The minimum absolute atomic E-state index is 0.0284. The van der Waals surface area contributed by atoms with Crippen LogP contribution < -0.4 is 21.3 Å². The van der Waals surface area contributed by atoms with Crippen LogP contribution in [0.2, 0.25) is 10.0 Å². The minimum atomic E-state index is -0.339. The first-order valence-electron chi connectivity index (χ1n) is 10.0. The molecule has 0 spiro atoms. The monoisotopic (exact) mass is 463 g/mol. The van der Waals surface area contributed by atoms with Crippen LogP contribution in [0.4, 0.5) is 5.95 Å². The summed E-state index contributed by atoms with van der Waals surface area (Å²) in [5.74, 6) is 0.410. The Balaban J connectivity index is 1.88. The number of aryl methyl sites for hydroxylation is 1. The van der Waals surface area contributed by atoms with E-state index in [1.54, 1.807) is 12.3 Å². The van der Waals surface area contributed by atoms with Gasteiger partial charge in [-0.3, -0.25) is 9.36 Å². The molecule has 1 fully saturated rings. The molecule has 1 unspecified atom stereocenters. The van der Waals surface area contributed by atoms with E-state index >= 15 is 0 Å². The summed E-state index contributed by atoms with van der Waals surface area (Å²) in [6, 6.07) is 3.10. The van der Waals surface area contributed by atoms with Crippen LogP contribution in [0.3, 0.4) is 0 Å². The number of ether oxygens (including phenoxy) is 1. The van der Waals surface area contributed by atoms with E-state index in [0.717, 1.165) is 19.3 Å². The Kier molecular flexibility index (Phi) is 5.96. The fourth-order valence-corrected chi connectivity index (χ4v) is 4.65. The Morgan fingerprint density at radius 3 is 2.74 bits per heavy atom. The number of nitrogens with zero attached hydrogens (tertiary/aromatic N) is 3. The second-order valence-corrected chi connectivity index (χ2v) is 8.28. The molecule has 4 rings (SSSR count). The predicted molar refractivity (Wildman–Crippen MR) is 122 cm³/mol. The lowest BCUT2D eigenvalue weighted by Gasteiger charge is -2.18. The number of nitrogens with one attached hydrogen (secondary N) is 1. The molecule has 0 amide bonds. The van der Waals surface area contributed by atoms with Gasteiger partial charge in [0.25, 0.3) is 5.56 Å². The number of methoxy groups -OCH3 is 1. The maximum absolute atomic E-state index is 13.4. The number of benzene rings is 1. The van der Waals surface area contributed by atoms with Crippen LogP contribution in [0.25, 0.3) is 22.2 Å². The molecule has 0 radical (unpaired) electrons. The maximum Gasteiger partial charge on any atom is 0.260 e. The van der Waals surface area contributed by atoms with Crippen LogP contribution in [0.1, 0.15) is 26.2 Å². The van der Waals surface area contributed by atoms with Crippen molar-refractivity contribution in [2.24, 2.45) is 5.73 Å². The van der Waals surface area contributed by atoms with Gasteiger partial charge in [0.15, 0.2) is 0 Å². The van der Waals surface area contributed by atoms with E-state index in [1.807, 2.05) is 6.92 Å². The standard InChI is InChI=1S/C21H23Cl2N5O3/c1-3-28-19-10(9-25-21(27-19)26-13-6-4-5-12(13)24)7-11(20(28)30)16-17(22)14(29)8-15(31-2)18(16)23/h7-9,12-13,29H,3-6,24H2,1-2H3,(H,25,26,27)/t12-,13?/m0/s1. The van der Waals surface area contributed by atoms with Crippen molar-refractivity contribution in [2.75, 3.05) is 12.4 Å². The van der Waals surface area contributed by atoms with Crippen molar-refractivity contribution in [1.82, 2.24) is 14.5 Å². The van der Waals surface area contributed by atoms with Crippen LogP contribution in [-0.2, 0) is 6.54 Å². The van der Waals surface area contributed by atoms with Gasteiger partial charge in [-0.15, -0.1) is 0 Å². The van der Waals surface area contributed by atoms with Gasteiger partial charge in [0.2, 0.25) is 5.95 Å². The van der Waals surface area contributed by atoms with E-state index < -0.39 is 0 Å². The molecule has 4 N–H and O–H groups in total. The first-order chi connectivity index (χ1) is 14.8. The summed E-state index contributed by atoms with van der Waals surface area (Å²) >= 11 is 12.8. The summed E-state index contributed by atoms with van der Waals surface area (Å²) in [7, 11) is 1.42. The number of hydrogen-bond donors (Lipinski definition) is 3. The summed E-state index contributed by atoms with van der Waals surface area (Å²) in [4.78, 5) is 22.3. The van der Waals surface area contributed by atoms with Crippen molar-refractivity contribution in [3.05, 3.63) is 38.7 Å². The zero-order chi connectivity index (χ0) is 22.3. The molecule has 2 atom stereocenters. The third kappa shape index (κ3) is 3.79. The number of rotatable bonds is 5. The maximum atomic E-state index is 13.4. The van der Waals surface area contributed by atoms with Gasteiger partial charge >= 0.3 is 0 Å². The van der Waals surface area contributed by atoms with E-state index in [4.69, 9.17) is 33.7 Å². The molecule has 31 heavy (non-hydrogen) atoms. The smallest absolute Gasteiger partial charge is 0.260 e. The number of phenols is 1. The highest BCUT2D eigenvalue weighted by Gasteiger charge is 2.25. The Morgan fingerprint density at radius 1 is 1.32 bits per heavy atom. The fraction of sp³-hybridized carbons (Fsp3) is 0.381. The largest absolute Gasteiger partial charge is 0.506 e. The topological polar surface area (TPSA) is 115 Å². The third-order valence-corrected chi connectivity index (χ3v) is 6.42. The molecule has 0 aliphatic heterocycles. The first-order valence-corrected chi connectivity index (χ1v) is 10.8. The number of halogens is 2. The van der Waals surface area contributed by atoms with Crippen molar-refractivity contribution in [2.45, 2.75) is 44.8 Å². The summed E-state index contributed by atoms with van der Waals surface area (Å²) in [6.45, 7) is 2.22. The fourth-order valence-electron chi connectivity index (χ4n) is 4.02. The van der Waals surface area contributed by atoms with Crippen LogP contribution in [-0.4, -0.2) is 38.8 Å². The number of fused-ring (bicyclic) bond motifs is 1. The molecule has 1 aromatic carbocycles. The lowest BCUT2D eigenvalue weighted by atomic mass is 10.0. The molecule has 2 heterocycles. The second kappa shape index (κ2) is 8.53. The summed E-state index contributed by atoms with van der Waals surface area (Å²) in [5.41, 5.74) is 6.71. The zero-order valence-electron chi connectivity index (χ0n) is 17.2. The van der Waals surface area contributed by atoms with Gasteiger partial charge in [0.05, 0.1) is 22.7 Å². The SMILES string of the molecule is CCn1c(=O)c(-c2c(Cl)c(O)cc(OC)c2Cl)cc2cnc(NC3CCC[C@@H]3N)nc21. The number of anilines is 1. The number of hydrogen-bond acceptors (Lipinski definition) is 7. The Morgan fingerprint density at radius 2 is 2.10 bits per heavy atom. The van der Waals surface area contributed by atoms with Gasteiger partial charge in [0, 0.05) is 41.8 Å². The van der Waals surface area contributed by atoms with E-state index in [9.17, 15) is 9.90 Å². The number of nitrogens with two attached hydrogens (primary N) is 1. The summed E-state index contributed by atoms with van der Waals surface area (Å²) < 4.78 is 6.74. The van der Waals surface area contributed by atoms with Gasteiger partial charge in [0.1, 0.15) is 17.1 Å². The average molecular weight is 464 g/mol. The van der Waals surface area contributed by atoms with Crippen molar-refractivity contribution < 1.29 is 9.84 Å². The van der Waals surface area contributed by atoms with Crippen molar-refractivity contribution in [3.8, 4) is 22.6 Å². The molecule has 0 saturated heterocycles. The second-order valence-electron chi connectivity index (χ2n) is 7.53. The molecule has 8 nitrogen and oxygen atoms in total. The molecular weight excluding hydrogens is 441 g/mol. The van der Waals surface area contributed by atoms with Crippen LogP contribution in [0.5, 0.6) is 11.5 Å². The molecule has 1 aliphatic carbocycles. The van der Waals surface area contributed by atoms with Crippen molar-refractivity contribution in [1.29, 1.82) is 0 Å². The van der Waals surface area contributed by atoms with E-state index in [1.165, 1.54) is 17.7 Å². The molecule has 2 aromatic heterocycles. The highest BCUT2D eigenvalue weighted by molar-refractivity contribution is 6.41. The van der Waals surface area contributed by atoms with E-state index in [2.05, 4.69) is 15.3 Å². The lowest BCUT2D eigenvalue weighted by molar-refractivity contribution is 0.408. The number of pyridine rings is 1. The molecule has 164 valence electrons. The van der Waals surface area contributed by atoms with Crippen LogP contribution >= 0.6 is 23.2 Å². The van der Waals surface area contributed by atoms with E-state index in [-0.39, 0.29) is 50.3 Å². The number of phenolic OH excluding ortho intramolecular Hbond substituents is 1. The third-order valence-electron chi connectivity index (χ3n) is 5.66. The number of aromatic nitrogens is 3. The minimum Gasteiger partial charge on any atom is -0.506 e. The zero-order valence-corrected chi connectivity index (χ0v) is 18.7. The molecular formula is C21H23Cl2N5O3. The van der Waals surface area contributed by atoms with Gasteiger partial charge < -0.3 is 20.9 Å². The van der Waals surface area contributed by atoms with Crippen LogP contribution in [0.15, 0.2) is 23.1 Å². The number of aromatic hydroxyl groups is 1. The highest BCUT2D eigenvalue weighted by atomic mass is 35.5. The summed E-state index contributed by atoms with van der Waals surface area (Å²) in [6.07, 6.45) is 4.62. The van der Waals surface area contributed by atoms with Crippen molar-refractivity contribution >= 4 is 40.2 Å². The molecule has 1 aliphatic rings. The summed E-state index contributed by atoms with van der Waals surface area (Å²) in [5, 5.41) is 14.2. The predicted octanol–water partition coefficient (Wildman–Crippen LogP) is 3.79. The molecule has 10 heteroatoms. The van der Waals surface area contributed by atoms with Gasteiger partial charge in [-0.25, -0.2) is 4.98 Å². The quantitative estimate of drug-likeness (QED) is 0.526. The van der Waals surface area contributed by atoms with E-state index in [0.29, 0.717) is 23.5 Å². The Labute approximate surface area is 189 Å². The Bertz CT molecular complexity index is 1210. The molecule has 3 aromatic rings. The molecule has 0 bridgehead atoms. The van der Waals surface area contributed by atoms with Crippen molar-refractivity contribution in [3.63, 3.8) is 0 Å². The Hall–Kier alpha value is -2.55. The van der Waals surface area contributed by atoms with Crippen LogP contribution in [0, 0.1) is 0 Å². The highest BCUT2D eigenvalue weighted by Crippen LogP contribution is 2.45. The first kappa shape index (κ1) is 21.7. The van der Waals surface area contributed by atoms with Gasteiger partial charge in [-0.05, 0) is 32.3 Å². The van der Waals surface area contributed by atoms with Gasteiger partial charge in [-0.2, -0.15) is 4.98 Å². The molecule has 1 saturated carbocycles.